The maximum Gasteiger partial charge on any atom is 0.340 e. The van der Waals surface area contributed by atoms with Gasteiger partial charge in [-0.15, -0.1) is 0 Å². The van der Waals surface area contributed by atoms with E-state index < -0.39 is 11.8 Å². The summed E-state index contributed by atoms with van der Waals surface area (Å²) in [5, 5.41) is 12.2. The molecule has 1 unspecified atom stereocenters. The van der Waals surface area contributed by atoms with Crippen LogP contribution < -0.4 is 0 Å². The van der Waals surface area contributed by atoms with Crippen molar-refractivity contribution in [2.24, 2.45) is 0 Å². The van der Waals surface area contributed by atoms with Gasteiger partial charge >= 0.3 is 5.97 Å². The van der Waals surface area contributed by atoms with Crippen molar-refractivity contribution >= 4 is 16.7 Å². The number of carbonyl (C=O) groups is 1. The van der Waals surface area contributed by atoms with Gasteiger partial charge in [0.05, 0.1) is 5.56 Å². The maximum absolute atomic E-state index is 12.1. The fourth-order valence-electron chi connectivity index (χ4n) is 2.20. The first-order chi connectivity index (χ1) is 9.66. The summed E-state index contributed by atoms with van der Waals surface area (Å²) in [6, 6.07) is 13.1. The number of hydrogen-bond acceptors (Lipinski definition) is 3. The summed E-state index contributed by atoms with van der Waals surface area (Å²) < 4.78 is 5.19. The minimum atomic E-state index is -1.54. The van der Waals surface area contributed by atoms with Crippen LogP contribution >= 0.6 is 0 Å². The second-order valence-electron chi connectivity index (χ2n) is 4.79. The van der Waals surface area contributed by atoms with Crippen molar-refractivity contribution in [2.75, 3.05) is 0 Å². The van der Waals surface area contributed by atoms with Crippen molar-refractivity contribution < 1.29 is 14.6 Å². The van der Waals surface area contributed by atoms with Gasteiger partial charge in [0.15, 0.2) is 0 Å². The Bertz CT molecular complexity index is 715. The van der Waals surface area contributed by atoms with Crippen LogP contribution in [0.5, 0.6) is 0 Å². The van der Waals surface area contributed by atoms with Crippen molar-refractivity contribution in [2.45, 2.75) is 12.2 Å². The van der Waals surface area contributed by atoms with Crippen LogP contribution in [0, 0.1) is 0 Å². The van der Waals surface area contributed by atoms with Crippen LogP contribution in [0.25, 0.3) is 10.8 Å². The van der Waals surface area contributed by atoms with Crippen LogP contribution in [0.15, 0.2) is 66.8 Å². The van der Waals surface area contributed by atoms with Crippen molar-refractivity contribution in [3.05, 3.63) is 72.3 Å². The van der Waals surface area contributed by atoms with E-state index >= 15 is 0 Å². The van der Waals surface area contributed by atoms with Gasteiger partial charge in [-0.25, -0.2) is 4.79 Å². The molecule has 0 bridgehead atoms. The van der Waals surface area contributed by atoms with Crippen molar-refractivity contribution in [1.82, 2.24) is 0 Å². The normalized spacial score (nSPS) is 21.1. The SMILES string of the molecule is O=C(OC1(O)C=CC=CC1)c1ccc2ccccc2c1. The standard InChI is InChI=1S/C17H14O3/c18-16(20-17(19)10-4-1-5-11-17)15-9-8-13-6-2-3-7-14(13)12-15/h1-10,12,19H,11H2. The van der Waals surface area contributed by atoms with Gasteiger partial charge < -0.3 is 9.84 Å². The molecular formula is C17H14O3. The van der Waals surface area contributed by atoms with E-state index in [4.69, 9.17) is 4.74 Å². The summed E-state index contributed by atoms with van der Waals surface area (Å²) in [6.07, 6.45) is 6.97. The molecule has 2 aromatic carbocycles. The molecule has 2 aromatic rings. The highest BCUT2D eigenvalue weighted by molar-refractivity contribution is 5.95. The number of ether oxygens (including phenoxy) is 1. The first kappa shape index (κ1) is 12.6. The van der Waals surface area contributed by atoms with E-state index in [0.717, 1.165) is 10.8 Å². The number of aliphatic hydroxyl groups is 1. The Kier molecular flexibility index (Phi) is 3.12. The zero-order valence-electron chi connectivity index (χ0n) is 10.8. The molecular weight excluding hydrogens is 252 g/mol. The third-order valence-electron chi connectivity index (χ3n) is 3.27. The molecule has 100 valence electrons. The highest BCUT2D eigenvalue weighted by atomic mass is 16.7. The summed E-state index contributed by atoms with van der Waals surface area (Å²) in [5.41, 5.74) is 0.431. The van der Waals surface area contributed by atoms with Crippen LogP contribution in [-0.2, 0) is 4.74 Å². The summed E-state index contributed by atoms with van der Waals surface area (Å²) >= 11 is 0. The molecule has 3 nitrogen and oxygen atoms in total. The quantitative estimate of drug-likeness (QED) is 0.670. The Hall–Kier alpha value is -2.39. The van der Waals surface area contributed by atoms with Gasteiger partial charge in [-0.05, 0) is 29.0 Å². The van der Waals surface area contributed by atoms with Gasteiger partial charge in [0.25, 0.3) is 0 Å². The predicted octanol–water partition coefficient (Wildman–Crippen LogP) is 3.20. The average Bonchev–Trinajstić information content (AvgIpc) is 2.47. The van der Waals surface area contributed by atoms with E-state index in [2.05, 4.69) is 0 Å². The highest BCUT2D eigenvalue weighted by Gasteiger charge is 2.28. The lowest BCUT2D eigenvalue weighted by Crippen LogP contribution is -2.33. The molecule has 0 saturated carbocycles. The monoisotopic (exact) mass is 266 g/mol. The van der Waals surface area contributed by atoms with Crippen molar-refractivity contribution in [3.8, 4) is 0 Å². The fraction of sp³-hybridized carbons (Fsp3) is 0.118. The molecule has 0 saturated heterocycles. The van der Waals surface area contributed by atoms with E-state index in [1.807, 2.05) is 30.3 Å². The van der Waals surface area contributed by atoms with E-state index in [0.29, 0.717) is 5.56 Å². The highest BCUT2D eigenvalue weighted by Crippen LogP contribution is 2.22. The summed E-state index contributed by atoms with van der Waals surface area (Å²) in [4.78, 5) is 12.1. The van der Waals surface area contributed by atoms with Crippen LogP contribution in [-0.4, -0.2) is 16.9 Å². The van der Waals surface area contributed by atoms with Crippen LogP contribution in [0.4, 0.5) is 0 Å². The molecule has 0 heterocycles. The van der Waals surface area contributed by atoms with Gasteiger partial charge in [0, 0.05) is 6.42 Å². The lowest BCUT2D eigenvalue weighted by atomic mass is 10.1. The van der Waals surface area contributed by atoms with Gasteiger partial charge in [-0.2, -0.15) is 0 Å². The number of carbonyl (C=O) groups excluding carboxylic acids is 1. The lowest BCUT2D eigenvalue weighted by Gasteiger charge is -2.24. The molecule has 0 spiro atoms. The average molecular weight is 266 g/mol. The molecule has 20 heavy (non-hydrogen) atoms. The van der Waals surface area contributed by atoms with Gasteiger partial charge in [-0.3, -0.25) is 0 Å². The summed E-state index contributed by atoms with van der Waals surface area (Å²) in [7, 11) is 0. The van der Waals surface area contributed by atoms with Gasteiger partial charge in [-0.1, -0.05) is 48.6 Å². The zero-order valence-corrected chi connectivity index (χ0v) is 10.8. The fourth-order valence-corrected chi connectivity index (χ4v) is 2.20. The maximum atomic E-state index is 12.1. The molecule has 1 aliphatic carbocycles. The predicted molar refractivity (Wildman–Crippen MR) is 77.2 cm³/mol. The second kappa shape index (κ2) is 4.94. The molecule has 3 heteroatoms. The van der Waals surface area contributed by atoms with Crippen molar-refractivity contribution in [1.29, 1.82) is 0 Å². The Morgan fingerprint density at radius 2 is 1.90 bits per heavy atom. The van der Waals surface area contributed by atoms with E-state index in [1.54, 1.807) is 30.4 Å². The van der Waals surface area contributed by atoms with Crippen LogP contribution in [0.1, 0.15) is 16.8 Å². The molecule has 1 aliphatic rings. The topological polar surface area (TPSA) is 46.5 Å². The van der Waals surface area contributed by atoms with E-state index in [-0.39, 0.29) is 6.42 Å². The third kappa shape index (κ3) is 2.49. The van der Waals surface area contributed by atoms with Gasteiger partial charge in [0.2, 0.25) is 5.79 Å². The number of rotatable bonds is 2. The number of fused-ring (bicyclic) bond motifs is 1. The molecule has 3 rings (SSSR count). The minimum Gasteiger partial charge on any atom is -0.425 e. The molecule has 0 radical (unpaired) electrons. The smallest absolute Gasteiger partial charge is 0.340 e. The number of benzene rings is 2. The number of esters is 1. The van der Waals surface area contributed by atoms with Crippen LogP contribution in [0.2, 0.25) is 0 Å². The molecule has 0 aromatic heterocycles. The van der Waals surface area contributed by atoms with E-state index in [9.17, 15) is 9.90 Å². The molecule has 1 atom stereocenters. The largest absolute Gasteiger partial charge is 0.425 e. The molecule has 1 N–H and O–H groups in total. The van der Waals surface area contributed by atoms with Crippen molar-refractivity contribution in [3.63, 3.8) is 0 Å². The number of allylic oxidation sites excluding steroid dienone is 2. The first-order valence-electron chi connectivity index (χ1n) is 6.45. The van der Waals surface area contributed by atoms with E-state index in [1.165, 1.54) is 6.08 Å². The lowest BCUT2D eigenvalue weighted by molar-refractivity contribution is -0.125. The third-order valence-corrected chi connectivity index (χ3v) is 3.27. The zero-order chi connectivity index (χ0) is 14.0. The van der Waals surface area contributed by atoms with Gasteiger partial charge in [0.1, 0.15) is 0 Å². The first-order valence-corrected chi connectivity index (χ1v) is 6.45. The number of hydrogen-bond donors (Lipinski definition) is 1. The van der Waals surface area contributed by atoms with Crippen LogP contribution in [0.3, 0.4) is 0 Å². The Labute approximate surface area is 116 Å². The second-order valence-corrected chi connectivity index (χ2v) is 4.79. The summed E-state index contributed by atoms with van der Waals surface area (Å²) in [5.74, 6) is -2.07. The Morgan fingerprint density at radius 3 is 2.65 bits per heavy atom. The summed E-state index contributed by atoms with van der Waals surface area (Å²) in [6.45, 7) is 0. The Morgan fingerprint density at radius 1 is 1.10 bits per heavy atom. The minimum absolute atomic E-state index is 0.267. The Balaban J connectivity index is 1.85. The molecule has 0 aliphatic heterocycles. The molecule has 0 fully saturated rings. The molecule has 0 amide bonds.